The molecule has 4 heteroatoms. The molecule has 0 bridgehead atoms. The van der Waals surface area contributed by atoms with Crippen LogP contribution in [0.25, 0.3) is 0 Å². The van der Waals surface area contributed by atoms with Crippen LogP contribution in [0.15, 0.2) is 48.5 Å². The molecule has 2 rings (SSSR count). The summed E-state index contributed by atoms with van der Waals surface area (Å²) >= 11 is 12.2. The maximum absolute atomic E-state index is 9.47. The number of benzene rings is 2. The van der Waals surface area contributed by atoms with Gasteiger partial charge in [-0.15, -0.1) is 0 Å². The molecule has 0 aliphatic heterocycles. The molecular weight excluding hydrogens is 281 g/mol. The van der Waals surface area contributed by atoms with Crippen molar-refractivity contribution in [2.45, 2.75) is 12.6 Å². The molecule has 0 fully saturated rings. The van der Waals surface area contributed by atoms with Gasteiger partial charge in [0.25, 0.3) is 0 Å². The van der Waals surface area contributed by atoms with E-state index < -0.39 is 0 Å². The molecule has 100 valence electrons. The van der Waals surface area contributed by atoms with Gasteiger partial charge in [0.1, 0.15) is 0 Å². The number of halogens is 2. The Bertz CT molecular complexity index is 511. The highest BCUT2D eigenvalue weighted by Crippen LogP contribution is 2.25. The highest BCUT2D eigenvalue weighted by molar-refractivity contribution is 6.35. The number of hydrogen-bond donors (Lipinski definition) is 2. The Balaban J connectivity index is 2.09. The molecule has 0 amide bonds. The van der Waals surface area contributed by atoms with Crippen LogP contribution in [0, 0.1) is 0 Å². The van der Waals surface area contributed by atoms with Crippen LogP contribution in [0.2, 0.25) is 10.0 Å². The average molecular weight is 296 g/mol. The summed E-state index contributed by atoms with van der Waals surface area (Å²) in [4.78, 5) is 0. The lowest BCUT2D eigenvalue weighted by Gasteiger charge is -2.17. The lowest BCUT2D eigenvalue weighted by Crippen LogP contribution is -2.24. The van der Waals surface area contributed by atoms with Crippen molar-refractivity contribution in [2.75, 3.05) is 6.61 Å². The van der Waals surface area contributed by atoms with Crippen LogP contribution >= 0.6 is 23.2 Å². The van der Waals surface area contributed by atoms with Gasteiger partial charge in [-0.3, -0.25) is 0 Å². The molecule has 0 spiro atoms. The molecule has 2 N–H and O–H groups in total. The fourth-order valence-corrected chi connectivity index (χ4v) is 2.43. The predicted molar refractivity (Wildman–Crippen MR) is 79.6 cm³/mol. The van der Waals surface area contributed by atoms with Crippen molar-refractivity contribution in [1.29, 1.82) is 0 Å². The van der Waals surface area contributed by atoms with Gasteiger partial charge in [-0.05, 0) is 17.7 Å². The minimum atomic E-state index is -0.131. The quantitative estimate of drug-likeness (QED) is 0.879. The lowest BCUT2D eigenvalue weighted by atomic mass is 10.1. The first-order chi connectivity index (χ1) is 9.22. The van der Waals surface area contributed by atoms with Gasteiger partial charge in [0.05, 0.1) is 12.6 Å². The predicted octanol–water partition coefficient (Wildman–Crippen LogP) is 3.82. The Kier molecular flexibility index (Phi) is 5.23. The number of rotatable bonds is 5. The molecule has 0 heterocycles. The zero-order valence-corrected chi connectivity index (χ0v) is 11.8. The van der Waals surface area contributed by atoms with Gasteiger partial charge < -0.3 is 10.4 Å². The van der Waals surface area contributed by atoms with Gasteiger partial charge >= 0.3 is 0 Å². The first-order valence-electron chi connectivity index (χ1n) is 6.04. The lowest BCUT2D eigenvalue weighted by molar-refractivity contribution is 0.243. The Morgan fingerprint density at radius 1 is 0.947 bits per heavy atom. The molecule has 0 aliphatic rings. The summed E-state index contributed by atoms with van der Waals surface area (Å²) in [6.07, 6.45) is 0. The number of hydrogen-bond acceptors (Lipinski definition) is 2. The Morgan fingerprint density at radius 2 is 1.58 bits per heavy atom. The first-order valence-corrected chi connectivity index (χ1v) is 6.80. The highest BCUT2D eigenvalue weighted by Gasteiger charge is 2.11. The smallest absolute Gasteiger partial charge is 0.0626 e. The first kappa shape index (κ1) is 14.4. The third-order valence-electron chi connectivity index (χ3n) is 2.97. The fourth-order valence-electron chi connectivity index (χ4n) is 1.90. The molecule has 0 saturated carbocycles. The zero-order chi connectivity index (χ0) is 13.7. The zero-order valence-electron chi connectivity index (χ0n) is 10.3. The van der Waals surface area contributed by atoms with E-state index in [1.807, 2.05) is 36.4 Å². The summed E-state index contributed by atoms with van der Waals surface area (Å²) in [5.74, 6) is 0. The third-order valence-corrected chi connectivity index (χ3v) is 3.68. The number of aliphatic hydroxyl groups is 1. The molecule has 19 heavy (non-hydrogen) atoms. The van der Waals surface area contributed by atoms with E-state index in [0.29, 0.717) is 16.6 Å². The molecule has 0 radical (unpaired) electrons. The van der Waals surface area contributed by atoms with Crippen LogP contribution in [0.4, 0.5) is 0 Å². The monoisotopic (exact) mass is 295 g/mol. The van der Waals surface area contributed by atoms with Crippen molar-refractivity contribution in [3.8, 4) is 0 Å². The van der Waals surface area contributed by atoms with E-state index in [1.165, 1.54) is 0 Å². The minimum absolute atomic E-state index is 0.0199. The second-order valence-electron chi connectivity index (χ2n) is 4.23. The van der Waals surface area contributed by atoms with E-state index in [4.69, 9.17) is 23.2 Å². The van der Waals surface area contributed by atoms with E-state index in [-0.39, 0.29) is 12.6 Å². The second-order valence-corrected chi connectivity index (χ2v) is 5.04. The standard InChI is InChI=1S/C15H15Cl2NO/c16-13-7-4-8-14(17)12(13)9-18-15(10-19)11-5-2-1-3-6-11/h1-8,15,18-19H,9-10H2/t15-/m1/s1. The van der Waals surface area contributed by atoms with Gasteiger partial charge in [0, 0.05) is 22.2 Å². The van der Waals surface area contributed by atoms with Crippen molar-refractivity contribution in [2.24, 2.45) is 0 Å². The van der Waals surface area contributed by atoms with Crippen LogP contribution < -0.4 is 5.32 Å². The summed E-state index contributed by atoms with van der Waals surface area (Å²) in [5, 5.41) is 14.0. The van der Waals surface area contributed by atoms with Crippen LogP contribution in [0.3, 0.4) is 0 Å². The molecule has 0 saturated heterocycles. The maximum atomic E-state index is 9.47. The maximum Gasteiger partial charge on any atom is 0.0626 e. The molecule has 2 nitrogen and oxygen atoms in total. The average Bonchev–Trinajstić information content (AvgIpc) is 2.43. The van der Waals surface area contributed by atoms with Crippen LogP contribution in [-0.2, 0) is 6.54 Å². The van der Waals surface area contributed by atoms with Gasteiger partial charge in [-0.25, -0.2) is 0 Å². The van der Waals surface area contributed by atoms with Crippen LogP contribution in [0.1, 0.15) is 17.2 Å². The van der Waals surface area contributed by atoms with Crippen molar-refractivity contribution in [1.82, 2.24) is 5.32 Å². The van der Waals surface area contributed by atoms with Gasteiger partial charge in [-0.2, -0.15) is 0 Å². The molecule has 2 aromatic carbocycles. The topological polar surface area (TPSA) is 32.3 Å². The van der Waals surface area contributed by atoms with Crippen molar-refractivity contribution >= 4 is 23.2 Å². The summed E-state index contributed by atoms with van der Waals surface area (Å²) in [6, 6.07) is 15.1. The second kappa shape index (κ2) is 6.92. The fraction of sp³-hybridized carbons (Fsp3) is 0.200. The number of aliphatic hydroxyl groups excluding tert-OH is 1. The largest absolute Gasteiger partial charge is 0.394 e. The Hall–Kier alpha value is -1.06. The van der Waals surface area contributed by atoms with Crippen molar-refractivity contribution < 1.29 is 5.11 Å². The van der Waals surface area contributed by atoms with E-state index in [0.717, 1.165) is 11.1 Å². The van der Waals surface area contributed by atoms with Gasteiger partial charge in [0.15, 0.2) is 0 Å². The normalized spacial score (nSPS) is 12.4. The molecule has 1 atom stereocenters. The molecule has 0 aromatic heterocycles. The molecule has 0 unspecified atom stereocenters. The summed E-state index contributed by atoms with van der Waals surface area (Å²) in [5.41, 5.74) is 1.88. The SMILES string of the molecule is OC[C@@H](NCc1c(Cl)cccc1Cl)c1ccccc1. The van der Waals surface area contributed by atoms with Crippen LogP contribution in [-0.4, -0.2) is 11.7 Å². The van der Waals surface area contributed by atoms with Gasteiger partial charge in [-0.1, -0.05) is 59.6 Å². The van der Waals surface area contributed by atoms with E-state index >= 15 is 0 Å². The van der Waals surface area contributed by atoms with E-state index in [1.54, 1.807) is 12.1 Å². The van der Waals surface area contributed by atoms with Crippen LogP contribution in [0.5, 0.6) is 0 Å². The highest BCUT2D eigenvalue weighted by atomic mass is 35.5. The van der Waals surface area contributed by atoms with Crippen molar-refractivity contribution in [3.63, 3.8) is 0 Å². The molecule has 0 aliphatic carbocycles. The Morgan fingerprint density at radius 3 is 2.16 bits per heavy atom. The minimum Gasteiger partial charge on any atom is -0.394 e. The van der Waals surface area contributed by atoms with E-state index in [2.05, 4.69) is 5.32 Å². The van der Waals surface area contributed by atoms with Gasteiger partial charge in [0.2, 0.25) is 0 Å². The molecular formula is C15H15Cl2NO. The molecule has 2 aromatic rings. The third kappa shape index (κ3) is 3.71. The summed E-state index contributed by atoms with van der Waals surface area (Å²) in [7, 11) is 0. The van der Waals surface area contributed by atoms with Crippen molar-refractivity contribution in [3.05, 3.63) is 69.7 Å². The Labute approximate surface area is 123 Å². The van der Waals surface area contributed by atoms with E-state index in [9.17, 15) is 5.11 Å². The summed E-state index contributed by atoms with van der Waals surface area (Å²) < 4.78 is 0. The summed E-state index contributed by atoms with van der Waals surface area (Å²) in [6.45, 7) is 0.532. The number of nitrogens with one attached hydrogen (secondary N) is 1.